The Labute approximate surface area is 166 Å². The molecule has 1 amide bonds. The molecule has 1 aromatic carbocycles. The molecule has 3 aromatic rings. The van der Waals surface area contributed by atoms with Crippen LogP contribution in [0.2, 0.25) is 0 Å². The zero-order chi connectivity index (χ0) is 18.7. The largest absolute Gasteiger partial charge is 0.308 e. The molecule has 0 radical (unpaired) electrons. The number of benzene rings is 1. The molecular weight excluding hydrogens is 469 g/mol. The first-order valence-corrected chi connectivity index (χ1v) is 9.46. The van der Waals surface area contributed by atoms with Gasteiger partial charge in [0.1, 0.15) is 5.82 Å². The highest BCUT2D eigenvalue weighted by atomic mass is 79.9. The maximum atomic E-state index is 13.8. The van der Waals surface area contributed by atoms with Gasteiger partial charge in [0.2, 0.25) is 5.91 Å². The van der Waals surface area contributed by atoms with Crippen LogP contribution in [0, 0.1) is 12.7 Å². The van der Waals surface area contributed by atoms with E-state index in [4.69, 9.17) is 0 Å². The van der Waals surface area contributed by atoms with Gasteiger partial charge in [-0.15, -0.1) is 0 Å². The molecule has 26 heavy (non-hydrogen) atoms. The van der Waals surface area contributed by atoms with Crippen molar-refractivity contribution in [3.8, 4) is 0 Å². The smallest absolute Gasteiger partial charge is 0.227 e. The number of nitrogens with one attached hydrogen (secondary N) is 1. The Bertz CT molecular complexity index is 918. The van der Waals surface area contributed by atoms with Crippen LogP contribution in [0.5, 0.6) is 0 Å². The topological polar surface area (TPSA) is 64.7 Å². The van der Waals surface area contributed by atoms with E-state index in [1.807, 2.05) is 13.1 Å². The van der Waals surface area contributed by atoms with Crippen LogP contribution < -0.4 is 5.32 Å². The Morgan fingerprint density at radius 2 is 1.88 bits per heavy atom. The first kappa shape index (κ1) is 18.8. The number of nitrogens with zero attached hydrogens (tertiary/aromatic N) is 4. The fraction of sp³-hybridized carbons (Fsp3) is 0.235. The lowest BCUT2D eigenvalue weighted by Gasteiger charge is -2.04. The van der Waals surface area contributed by atoms with E-state index in [0.717, 1.165) is 10.2 Å². The van der Waals surface area contributed by atoms with Crippen LogP contribution in [0.3, 0.4) is 0 Å². The third kappa shape index (κ3) is 4.59. The second kappa shape index (κ2) is 8.13. The van der Waals surface area contributed by atoms with Crippen molar-refractivity contribution in [3.05, 3.63) is 62.7 Å². The van der Waals surface area contributed by atoms with Gasteiger partial charge in [0.25, 0.3) is 0 Å². The molecule has 0 unspecified atom stereocenters. The van der Waals surface area contributed by atoms with Gasteiger partial charge in [0.05, 0.1) is 21.2 Å². The summed E-state index contributed by atoms with van der Waals surface area (Å²) in [7, 11) is 0. The summed E-state index contributed by atoms with van der Waals surface area (Å²) in [5.41, 5.74) is 1.40. The number of amides is 1. The number of rotatable bonds is 6. The molecule has 0 bridgehead atoms. The number of halogens is 3. The van der Waals surface area contributed by atoms with Crippen molar-refractivity contribution in [2.45, 2.75) is 26.4 Å². The minimum atomic E-state index is -0.287. The summed E-state index contributed by atoms with van der Waals surface area (Å²) < 4.78 is 18.6. The fourth-order valence-corrected chi connectivity index (χ4v) is 3.11. The fourth-order valence-electron chi connectivity index (χ4n) is 2.38. The second-order valence-corrected chi connectivity index (χ2v) is 7.45. The molecule has 3 rings (SSSR count). The van der Waals surface area contributed by atoms with Gasteiger partial charge in [0.15, 0.2) is 5.82 Å². The maximum Gasteiger partial charge on any atom is 0.227 e. The first-order valence-electron chi connectivity index (χ1n) is 7.88. The molecule has 1 N–H and O–H groups in total. The molecule has 2 aromatic heterocycles. The minimum absolute atomic E-state index is 0.175. The molecule has 0 aliphatic rings. The van der Waals surface area contributed by atoms with E-state index < -0.39 is 0 Å². The zero-order valence-electron chi connectivity index (χ0n) is 13.9. The van der Waals surface area contributed by atoms with Gasteiger partial charge in [-0.25, -0.2) is 4.39 Å². The molecule has 0 saturated carbocycles. The third-order valence-electron chi connectivity index (χ3n) is 3.72. The van der Waals surface area contributed by atoms with Crippen molar-refractivity contribution in [3.63, 3.8) is 0 Å². The standard InChI is InChI=1S/C17H16Br2FN5O/c1-11-13(18)9-24(22-11)7-6-16(26)21-17-14(19)10-25(23-17)8-12-4-2-3-5-15(12)20/h2-5,9-10H,6-8H2,1H3,(H,21,23,26). The summed E-state index contributed by atoms with van der Waals surface area (Å²) in [5.74, 6) is -0.0549. The minimum Gasteiger partial charge on any atom is -0.308 e. The molecule has 0 aliphatic heterocycles. The molecule has 6 nitrogen and oxygen atoms in total. The van der Waals surface area contributed by atoms with E-state index in [1.165, 1.54) is 6.07 Å². The van der Waals surface area contributed by atoms with Crippen LogP contribution >= 0.6 is 31.9 Å². The zero-order valence-corrected chi connectivity index (χ0v) is 17.1. The summed E-state index contributed by atoms with van der Waals surface area (Å²) in [5, 5.41) is 11.4. The molecule has 0 atom stereocenters. The lowest BCUT2D eigenvalue weighted by molar-refractivity contribution is -0.116. The van der Waals surface area contributed by atoms with Crippen molar-refractivity contribution < 1.29 is 9.18 Å². The van der Waals surface area contributed by atoms with E-state index in [1.54, 1.807) is 33.8 Å². The van der Waals surface area contributed by atoms with Gasteiger partial charge < -0.3 is 5.32 Å². The number of hydrogen-bond donors (Lipinski definition) is 1. The number of aromatic nitrogens is 4. The molecule has 0 saturated heterocycles. The van der Waals surface area contributed by atoms with Crippen molar-refractivity contribution in [1.29, 1.82) is 0 Å². The molecule has 0 spiro atoms. The Hall–Kier alpha value is -2.00. The number of hydrogen-bond acceptors (Lipinski definition) is 3. The predicted molar refractivity (Wildman–Crippen MR) is 103 cm³/mol. The Kier molecular flexibility index (Phi) is 5.87. The Morgan fingerprint density at radius 3 is 2.58 bits per heavy atom. The molecule has 136 valence electrons. The van der Waals surface area contributed by atoms with Gasteiger partial charge in [-0.3, -0.25) is 14.2 Å². The van der Waals surface area contributed by atoms with Crippen molar-refractivity contribution in [2.24, 2.45) is 0 Å². The SMILES string of the molecule is Cc1nn(CCC(=O)Nc2nn(Cc3ccccc3F)cc2Br)cc1Br. The quantitative estimate of drug-likeness (QED) is 0.572. The number of aryl methyl sites for hydroxylation is 2. The van der Waals surface area contributed by atoms with Crippen molar-refractivity contribution in [1.82, 2.24) is 19.6 Å². The normalized spacial score (nSPS) is 10.9. The predicted octanol–water partition coefficient (Wildman–Crippen LogP) is 4.13. The lowest BCUT2D eigenvalue weighted by atomic mass is 10.2. The summed E-state index contributed by atoms with van der Waals surface area (Å²) in [6, 6.07) is 6.53. The van der Waals surface area contributed by atoms with Crippen LogP contribution in [-0.4, -0.2) is 25.5 Å². The average molecular weight is 485 g/mol. The van der Waals surface area contributed by atoms with E-state index in [-0.39, 0.29) is 24.7 Å². The molecule has 0 fully saturated rings. The van der Waals surface area contributed by atoms with Crippen molar-refractivity contribution in [2.75, 3.05) is 5.32 Å². The first-order chi connectivity index (χ1) is 12.4. The number of carbonyl (C=O) groups excluding carboxylic acids is 1. The highest BCUT2D eigenvalue weighted by molar-refractivity contribution is 9.10. The van der Waals surface area contributed by atoms with Gasteiger partial charge in [0, 0.05) is 30.9 Å². The van der Waals surface area contributed by atoms with Gasteiger partial charge in [-0.2, -0.15) is 10.2 Å². The van der Waals surface area contributed by atoms with Crippen molar-refractivity contribution >= 4 is 43.6 Å². The molecular formula is C17H16Br2FN5O. The monoisotopic (exact) mass is 483 g/mol. The molecule has 9 heteroatoms. The van der Waals surface area contributed by atoms with Gasteiger partial charge in [-0.1, -0.05) is 18.2 Å². The third-order valence-corrected chi connectivity index (χ3v) is 5.08. The Balaban J connectivity index is 1.60. The average Bonchev–Trinajstić information content (AvgIpc) is 3.10. The lowest BCUT2D eigenvalue weighted by Crippen LogP contribution is -2.15. The molecule has 0 aliphatic carbocycles. The van der Waals surface area contributed by atoms with Crippen LogP contribution in [0.4, 0.5) is 10.2 Å². The maximum absolute atomic E-state index is 13.8. The summed E-state index contributed by atoms with van der Waals surface area (Å²) in [4.78, 5) is 12.2. The highest BCUT2D eigenvalue weighted by Gasteiger charge is 2.12. The van der Waals surface area contributed by atoms with Crippen LogP contribution in [0.1, 0.15) is 17.7 Å². The van der Waals surface area contributed by atoms with E-state index in [2.05, 4.69) is 47.4 Å². The molecule has 2 heterocycles. The van der Waals surface area contributed by atoms with Gasteiger partial charge >= 0.3 is 0 Å². The number of anilines is 1. The van der Waals surface area contributed by atoms with Crippen LogP contribution in [-0.2, 0) is 17.9 Å². The van der Waals surface area contributed by atoms with E-state index >= 15 is 0 Å². The van der Waals surface area contributed by atoms with Crippen LogP contribution in [0.15, 0.2) is 45.6 Å². The second-order valence-electron chi connectivity index (χ2n) is 5.74. The Morgan fingerprint density at radius 1 is 1.15 bits per heavy atom. The summed E-state index contributed by atoms with van der Waals surface area (Å²) >= 11 is 6.76. The highest BCUT2D eigenvalue weighted by Crippen LogP contribution is 2.21. The van der Waals surface area contributed by atoms with Gasteiger partial charge in [-0.05, 0) is 44.8 Å². The number of carbonyl (C=O) groups is 1. The summed E-state index contributed by atoms with van der Waals surface area (Å²) in [6.07, 6.45) is 3.80. The van der Waals surface area contributed by atoms with E-state index in [0.29, 0.717) is 22.4 Å². The van der Waals surface area contributed by atoms with E-state index in [9.17, 15) is 9.18 Å². The van der Waals surface area contributed by atoms with Crippen LogP contribution in [0.25, 0.3) is 0 Å². The summed E-state index contributed by atoms with van der Waals surface area (Å²) in [6.45, 7) is 2.63.